The molecule has 0 aliphatic heterocycles. The lowest BCUT2D eigenvalue weighted by atomic mass is 10.2. The molecule has 0 aliphatic rings. The highest BCUT2D eigenvalue weighted by Crippen LogP contribution is 1.99. The van der Waals surface area contributed by atoms with E-state index < -0.39 is 0 Å². The standard InChI is InChI=1S/C12H21/c1-3-5-7-9-11-12-10-8-6-4-2/h10-12H,3-7,9H2,1-2H3. The van der Waals surface area contributed by atoms with Crippen molar-refractivity contribution < 1.29 is 0 Å². The Kier molecular flexibility index (Phi) is 10.0. The average Bonchev–Trinajstić information content (AvgIpc) is 2.10. The molecule has 0 N–H and O–H groups in total. The van der Waals surface area contributed by atoms with E-state index in [-0.39, 0.29) is 0 Å². The Morgan fingerprint density at radius 2 is 1.92 bits per heavy atom. The minimum Gasteiger partial charge on any atom is -0.0845 e. The Bertz CT molecular complexity index is 120. The molecular weight excluding hydrogens is 144 g/mol. The van der Waals surface area contributed by atoms with Gasteiger partial charge in [-0.1, -0.05) is 51.3 Å². The summed E-state index contributed by atoms with van der Waals surface area (Å²) in [5.74, 6) is 0. The van der Waals surface area contributed by atoms with E-state index in [1.54, 1.807) is 0 Å². The summed E-state index contributed by atoms with van der Waals surface area (Å²) in [5, 5.41) is 0. The first-order valence-electron chi connectivity index (χ1n) is 5.13. The van der Waals surface area contributed by atoms with Gasteiger partial charge in [-0.05, 0) is 25.3 Å². The molecule has 0 amide bonds. The molecule has 0 aromatic carbocycles. The SMILES string of the molecule is CCC/[C]=C/C=CCCCCC. The second-order valence-corrected chi connectivity index (χ2v) is 3.04. The van der Waals surface area contributed by atoms with Gasteiger partial charge in [0.1, 0.15) is 0 Å². The van der Waals surface area contributed by atoms with E-state index in [0.29, 0.717) is 0 Å². The Morgan fingerprint density at radius 1 is 1.08 bits per heavy atom. The molecule has 0 aromatic rings. The molecule has 69 valence electrons. The van der Waals surface area contributed by atoms with E-state index in [2.05, 4.69) is 32.1 Å². The van der Waals surface area contributed by atoms with Crippen molar-refractivity contribution in [1.82, 2.24) is 0 Å². The van der Waals surface area contributed by atoms with Gasteiger partial charge in [0, 0.05) is 0 Å². The van der Waals surface area contributed by atoms with Gasteiger partial charge in [0.25, 0.3) is 0 Å². The monoisotopic (exact) mass is 165 g/mol. The summed E-state index contributed by atoms with van der Waals surface area (Å²) >= 11 is 0. The summed E-state index contributed by atoms with van der Waals surface area (Å²) in [6, 6.07) is 0. The van der Waals surface area contributed by atoms with Gasteiger partial charge in [0.05, 0.1) is 0 Å². The molecule has 0 spiro atoms. The zero-order chi connectivity index (χ0) is 9.07. The maximum absolute atomic E-state index is 3.21. The number of rotatable bonds is 7. The van der Waals surface area contributed by atoms with E-state index in [1.807, 2.05) is 6.08 Å². The van der Waals surface area contributed by atoms with Gasteiger partial charge >= 0.3 is 0 Å². The van der Waals surface area contributed by atoms with Gasteiger partial charge in [-0.15, -0.1) is 0 Å². The largest absolute Gasteiger partial charge is 0.0845 e. The van der Waals surface area contributed by atoms with Crippen molar-refractivity contribution in [2.24, 2.45) is 0 Å². The highest BCUT2D eigenvalue weighted by Gasteiger charge is 1.79. The molecule has 0 unspecified atom stereocenters. The quantitative estimate of drug-likeness (QED) is 0.390. The summed E-state index contributed by atoms with van der Waals surface area (Å²) in [7, 11) is 0. The molecule has 0 rings (SSSR count). The number of hydrogen-bond donors (Lipinski definition) is 0. The van der Waals surface area contributed by atoms with Gasteiger partial charge in [-0.2, -0.15) is 0 Å². The van der Waals surface area contributed by atoms with Crippen molar-refractivity contribution in [3.63, 3.8) is 0 Å². The molecule has 12 heavy (non-hydrogen) atoms. The van der Waals surface area contributed by atoms with Gasteiger partial charge in [-0.25, -0.2) is 0 Å². The van der Waals surface area contributed by atoms with Crippen LogP contribution < -0.4 is 0 Å². The molecule has 0 heterocycles. The van der Waals surface area contributed by atoms with Crippen LogP contribution in [-0.2, 0) is 0 Å². The lowest BCUT2D eigenvalue weighted by Crippen LogP contribution is -1.69. The molecule has 0 aliphatic carbocycles. The van der Waals surface area contributed by atoms with Crippen LogP contribution in [0.5, 0.6) is 0 Å². The first-order valence-corrected chi connectivity index (χ1v) is 5.13. The minimum atomic E-state index is 1.08. The molecule has 0 heteroatoms. The second kappa shape index (κ2) is 10.5. The fourth-order valence-corrected chi connectivity index (χ4v) is 0.972. The van der Waals surface area contributed by atoms with E-state index in [0.717, 1.165) is 6.42 Å². The third-order valence-electron chi connectivity index (χ3n) is 1.72. The van der Waals surface area contributed by atoms with Crippen LogP contribution >= 0.6 is 0 Å². The van der Waals surface area contributed by atoms with Gasteiger partial charge in [0.2, 0.25) is 0 Å². The topological polar surface area (TPSA) is 0 Å². The Hall–Kier alpha value is -0.520. The zero-order valence-electron chi connectivity index (χ0n) is 8.47. The lowest BCUT2D eigenvalue weighted by Gasteiger charge is -1.89. The predicted octanol–water partition coefficient (Wildman–Crippen LogP) is 4.28. The second-order valence-electron chi connectivity index (χ2n) is 3.04. The Labute approximate surface area is 77.4 Å². The van der Waals surface area contributed by atoms with Crippen LogP contribution in [0.15, 0.2) is 18.2 Å². The molecule has 0 atom stereocenters. The fourth-order valence-electron chi connectivity index (χ4n) is 0.972. The van der Waals surface area contributed by atoms with Gasteiger partial charge in [-0.3, -0.25) is 0 Å². The molecule has 0 saturated heterocycles. The summed E-state index contributed by atoms with van der Waals surface area (Å²) in [4.78, 5) is 0. The highest BCUT2D eigenvalue weighted by molar-refractivity contribution is 4.98. The van der Waals surface area contributed by atoms with Crippen molar-refractivity contribution in [1.29, 1.82) is 0 Å². The molecule has 1 radical (unpaired) electrons. The van der Waals surface area contributed by atoms with Crippen LogP contribution in [0, 0.1) is 6.08 Å². The smallest absolute Gasteiger partial charge is 0.0279 e. The van der Waals surface area contributed by atoms with Gasteiger partial charge < -0.3 is 0 Å². The van der Waals surface area contributed by atoms with E-state index in [4.69, 9.17) is 0 Å². The van der Waals surface area contributed by atoms with Crippen LogP contribution in [-0.4, -0.2) is 0 Å². The van der Waals surface area contributed by atoms with E-state index >= 15 is 0 Å². The van der Waals surface area contributed by atoms with Crippen molar-refractivity contribution in [3.8, 4) is 0 Å². The van der Waals surface area contributed by atoms with Crippen molar-refractivity contribution in [2.45, 2.75) is 52.4 Å². The third-order valence-corrected chi connectivity index (χ3v) is 1.72. The maximum Gasteiger partial charge on any atom is -0.0279 e. The van der Waals surface area contributed by atoms with Crippen LogP contribution in [0.25, 0.3) is 0 Å². The van der Waals surface area contributed by atoms with E-state index in [9.17, 15) is 0 Å². The average molecular weight is 165 g/mol. The van der Waals surface area contributed by atoms with Gasteiger partial charge in [0.15, 0.2) is 0 Å². The first-order chi connectivity index (χ1) is 5.91. The number of unbranched alkanes of at least 4 members (excludes halogenated alkanes) is 4. The third kappa shape index (κ3) is 9.48. The summed E-state index contributed by atoms with van der Waals surface area (Å²) in [6.07, 6.45) is 17.1. The predicted molar refractivity (Wildman–Crippen MR) is 56.0 cm³/mol. The van der Waals surface area contributed by atoms with Crippen molar-refractivity contribution >= 4 is 0 Å². The fraction of sp³-hybridized carbons (Fsp3) is 0.667. The number of hydrogen-bond acceptors (Lipinski definition) is 0. The molecule has 0 bridgehead atoms. The summed E-state index contributed by atoms with van der Waals surface area (Å²) < 4.78 is 0. The minimum absolute atomic E-state index is 1.08. The Balaban J connectivity index is 3.13. The lowest BCUT2D eigenvalue weighted by molar-refractivity contribution is 0.729. The first kappa shape index (κ1) is 11.5. The maximum atomic E-state index is 3.21. The summed E-state index contributed by atoms with van der Waals surface area (Å²) in [6.45, 7) is 4.41. The zero-order valence-corrected chi connectivity index (χ0v) is 8.47. The number of allylic oxidation sites excluding steroid dienone is 4. The van der Waals surface area contributed by atoms with Crippen molar-refractivity contribution in [3.05, 3.63) is 24.3 Å². The molecule has 0 saturated carbocycles. The normalized spacial score (nSPS) is 11.8. The van der Waals surface area contributed by atoms with Crippen molar-refractivity contribution in [2.75, 3.05) is 0 Å². The molecular formula is C12H21. The van der Waals surface area contributed by atoms with Crippen LogP contribution in [0.4, 0.5) is 0 Å². The highest BCUT2D eigenvalue weighted by atomic mass is 13.9. The van der Waals surface area contributed by atoms with Crippen LogP contribution in [0.3, 0.4) is 0 Å². The molecule has 0 nitrogen and oxygen atoms in total. The Morgan fingerprint density at radius 3 is 2.58 bits per heavy atom. The molecule has 0 aromatic heterocycles. The van der Waals surface area contributed by atoms with Crippen LogP contribution in [0.1, 0.15) is 52.4 Å². The van der Waals surface area contributed by atoms with E-state index in [1.165, 1.54) is 32.1 Å². The summed E-state index contributed by atoms with van der Waals surface area (Å²) in [5.41, 5.74) is 0. The molecule has 0 fully saturated rings. The van der Waals surface area contributed by atoms with Crippen LogP contribution in [0.2, 0.25) is 0 Å².